The molecule has 0 heterocycles. The minimum Gasteiger partial charge on any atom is -0.324 e. The predicted molar refractivity (Wildman–Crippen MR) is 85.8 cm³/mol. The first-order valence-electron chi connectivity index (χ1n) is 6.91. The third-order valence-corrected chi connectivity index (χ3v) is 3.16. The van der Waals surface area contributed by atoms with E-state index in [1.807, 2.05) is 68.7 Å². The summed E-state index contributed by atoms with van der Waals surface area (Å²) >= 11 is 0. The summed E-state index contributed by atoms with van der Waals surface area (Å²) < 4.78 is 0. The van der Waals surface area contributed by atoms with Crippen LogP contribution in [0.4, 0.5) is 5.69 Å². The van der Waals surface area contributed by atoms with E-state index in [1.165, 1.54) is 5.56 Å². The van der Waals surface area contributed by atoms with Crippen molar-refractivity contribution in [2.24, 2.45) is 5.73 Å². The number of carbonyl (C=O) groups is 1. The molecule has 4 heteroatoms. The summed E-state index contributed by atoms with van der Waals surface area (Å²) in [6.07, 6.45) is 0. The maximum absolute atomic E-state index is 12.1. The van der Waals surface area contributed by atoms with Crippen molar-refractivity contribution in [1.29, 1.82) is 0 Å². The van der Waals surface area contributed by atoms with Crippen molar-refractivity contribution in [2.75, 3.05) is 19.4 Å². The fourth-order valence-electron chi connectivity index (χ4n) is 2.09. The van der Waals surface area contributed by atoms with Gasteiger partial charge in [-0.05, 0) is 37.4 Å². The van der Waals surface area contributed by atoms with E-state index in [4.69, 9.17) is 5.73 Å². The van der Waals surface area contributed by atoms with Crippen LogP contribution in [0, 0.1) is 0 Å². The molecule has 0 bridgehead atoms. The van der Waals surface area contributed by atoms with Crippen LogP contribution in [0.5, 0.6) is 0 Å². The largest absolute Gasteiger partial charge is 0.324 e. The number of nitrogens with two attached hydrogens (primary N) is 1. The first kappa shape index (κ1) is 15.2. The Balaban J connectivity index is 1.99. The molecule has 1 atom stereocenters. The van der Waals surface area contributed by atoms with Crippen LogP contribution in [0.2, 0.25) is 0 Å². The Labute approximate surface area is 125 Å². The van der Waals surface area contributed by atoms with Gasteiger partial charge in [0.05, 0.1) is 0 Å². The molecule has 0 spiro atoms. The maximum Gasteiger partial charge on any atom is 0.245 e. The number of anilines is 1. The van der Waals surface area contributed by atoms with Gasteiger partial charge >= 0.3 is 0 Å². The van der Waals surface area contributed by atoms with Gasteiger partial charge in [-0.1, -0.05) is 42.5 Å². The number of hydrogen-bond acceptors (Lipinski definition) is 3. The van der Waals surface area contributed by atoms with Gasteiger partial charge in [-0.15, -0.1) is 0 Å². The van der Waals surface area contributed by atoms with Crippen LogP contribution in [-0.4, -0.2) is 24.9 Å². The molecule has 2 rings (SSSR count). The predicted octanol–water partition coefficient (Wildman–Crippen LogP) is 2.39. The number of hydrogen-bond donors (Lipinski definition) is 2. The van der Waals surface area contributed by atoms with Crippen LogP contribution in [0.3, 0.4) is 0 Å². The Bertz CT molecular complexity index is 579. The van der Waals surface area contributed by atoms with Crippen LogP contribution < -0.4 is 11.1 Å². The topological polar surface area (TPSA) is 58.4 Å². The number of amides is 1. The standard InChI is InChI=1S/C17H21N3O/c1-20(2)12-13-8-10-15(11-9-13)19-17(21)16(18)14-6-4-3-5-7-14/h3-11,16H,12,18H2,1-2H3,(H,19,21)/t16-/m1/s1. The molecule has 1 amide bonds. The third kappa shape index (κ3) is 4.41. The molecule has 21 heavy (non-hydrogen) atoms. The number of nitrogens with zero attached hydrogens (tertiary/aromatic N) is 1. The molecule has 110 valence electrons. The number of benzene rings is 2. The lowest BCUT2D eigenvalue weighted by Gasteiger charge is -2.13. The van der Waals surface area contributed by atoms with Gasteiger partial charge in [0.15, 0.2) is 0 Å². The summed E-state index contributed by atoms with van der Waals surface area (Å²) in [6.45, 7) is 0.873. The summed E-state index contributed by atoms with van der Waals surface area (Å²) in [5.74, 6) is -0.207. The molecule has 0 radical (unpaired) electrons. The van der Waals surface area contributed by atoms with Gasteiger partial charge in [0.1, 0.15) is 6.04 Å². The summed E-state index contributed by atoms with van der Waals surface area (Å²) in [6, 6.07) is 16.5. The van der Waals surface area contributed by atoms with Crippen molar-refractivity contribution in [1.82, 2.24) is 4.90 Å². The molecule has 2 aromatic rings. The average molecular weight is 283 g/mol. The second kappa shape index (κ2) is 7.02. The Morgan fingerprint density at radius 3 is 2.29 bits per heavy atom. The van der Waals surface area contributed by atoms with E-state index in [-0.39, 0.29) is 5.91 Å². The van der Waals surface area contributed by atoms with Gasteiger partial charge in [0, 0.05) is 12.2 Å². The van der Waals surface area contributed by atoms with Crippen LogP contribution in [0.25, 0.3) is 0 Å². The molecule has 0 aliphatic heterocycles. The van der Waals surface area contributed by atoms with E-state index in [9.17, 15) is 4.79 Å². The van der Waals surface area contributed by atoms with Crippen LogP contribution in [-0.2, 0) is 11.3 Å². The minimum atomic E-state index is -0.660. The normalized spacial score (nSPS) is 12.2. The van der Waals surface area contributed by atoms with E-state index < -0.39 is 6.04 Å². The van der Waals surface area contributed by atoms with Crippen molar-refractivity contribution in [3.05, 3.63) is 65.7 Å². The maximum atomic E-state index is 12.1. The molecule has 0 aromatic heterocycles. The lowest BCUT2D eigenvalue weighted by molar-refractivity contribution is -0.117. The van der Waals surface area contributed by atoms with E-state index in [1.54, 1.807) is 0 Å². The Morgan fingerprint density at radius 2 is 1.71 bits per heavy atom. The molecular weight excluding hydrogens is 262 g/mol. The Hall–Kier alpha value is -2.17. The quantitative estimate of drug-likeness (QED) is 0.886. The molecule has 0 saturated heterocycles. The summed E-state index contributed by atoms with van der Waals surface area (Å²) in [7, 11) is 4.04. The lowest BCUT2D eigenvalue weighted by Crippen LogP contribution is -2.27. The fourth-order valence-corrected chi connectivity index (χ4v) is 2.09. The summed E-state index contributed by atoms with van der Waals surface area (Å²) in [4.78, 5) is 14.2. The monoisotopic (exact) mass is 283 g/mol. The number of rotatable bonds is 5. The first-order chi connectivity index (χ1) is 10.1. The van der Waals surface area contributed by atoms with Crippen molar-refractivity contribution < 1.29 is 4.79 Å². The van der Waals surface area contributed by atoms with Gasteiger partial charge in [0.2, 0.25) is 5.91 Å². The second-order valence-corrected chi connectivity index (χ2v) is 5.31. The highest BCUT2D eigenvalue weighted by atomic mass is 16.2. The Morgan fingerprint density at radius 1 is 1.10 bits per heavy atom. The van der Waals surface area contributed by atoms with Crippen LogP contribution >= 0.6 is 0 Å². The van der Waals surface area contributed by atoms with Crippen LogP contribution in [0.15, 0.2) is 54.6 Å². The lowest BCUT2D eigenvalue weighted by atomic mass is 10.1. The Kier molecular flexibility index (Phi) is 5.09. The van der Waals surface area contributed by atoms with Gasteiger partial charge in [-0.2, -0.15) is 0 Å². The zero-order valence-electron chi connectivity index (χ0n) is 12.4. The van der Waals surface area contributed by atoms with Gasteiger partial charge in [-0.25, -0.2) is 0 Å². The van der Waals surface area contributed by atoms with Gasteiger partial charge in [0.25, 0.3) is 0 Å². The molecule has 4 nitrogen and oxygen atoms in total. The SMILES string of the molecule is CN(C)Cc1ccc(NC(=O)[C@H](N)c2ccccc2)cc1. The van der Waals surface area contributed by atoms with Crippen molar-refractivity contribution in [3.8, 4) is 0 Å². The van der Waals surface area contributed by atoms with E-state index in [0.29, 0.717) is 0 Å². The molecule has 0 aliphatic carbocycles. The highest BCUT2D eigenvalue weighted by Gasteiger charge is 2.15. The summed E-state index contributed by atoms with van der Waals surface area (Å²) in [5, 5.41) is 2.84. The zero-order chi connectivity index (χ0) is 15.2. The fraction of sp³-hybridized carbons (Fsp3) is 0.235. The molecule has 0 unspecified atom stereocenters. The average Bonchev–Trinajstić information content (AvgIpc) is 2.49. The molecule has 2 aromatic carbocycles. The third-order valence-electron chi connectivity index (χ3n) is 3.16. The van der Waals surface area contributed by atoms with Crippen molar-refractivity contribution in [2.45, 2.75) is 12.6 Å². The zero-order valence-corrected chi connectivity index (χ0v) is 12.4. The summed E-state index contributed by atoms with van der Waals surface area (Å²) in [5.41, 5.74) is 8.73. The smallest absolute Gasteiger partial charge is 0.245 e. The highest BCUT2D eigenvalue weighted by molar-refractivity contribution is 5.95. The van der Waals surface area contributed by atoms with Crippen molar-refractivity contribution in [3.63, 3.8) is 0 Å². The van der Waals surface area contributed by atoms with Gasteiger partial charge in [-0.3, -0.25) is 4.79 Å². The van der Waals surface area contributed by atoms with Crippen molar-refractivity contribution >= 4 is 11.6 Å². The minimum absolute atomic E-state index is 0.207. The highest BCUT2D eigenvalue weighted by Crippen LogP contribution is 2.15. The van der Waals surface area contributed by atoms with E-state index >= 15 is 0 Å². The molecule has 0 fully saturated rings. The van der Waals surface area contributed by atoms with E-state index in [2.05, 4.69) is 10.2 Å². The molecule has 3 N–H and O–H groups in total. The van der Waals surface area contributed by atoms with Gasteiger partial charge < -0.3 is 16.0 Å². The number of nitrogens with one attached hydrogen (secondary N) is 1. The van der Waals surface area contributed by atoms with E-state index in [0.717, 1.165) is 17.8 Å². The molecule has 0 saturated carbocycles. The molecular formula is C17H21N3O. The number of carbonyl (C=O) groups excluding carboxylic acids is 1. The second-order valence-electron chi connectivity index (χ2n) is 5.31. The molecule has 0 aliphatic rings. The first-order valence-corrected chi connectivity index (χ1v) is 6.91. The van der Waals surface area contributed by atoms with Crippen LogP contribution in [0.1, 0.15) is 17.2 Å².